The zero-order chi connectivity index (χ0) is 17.3. The van der Waals surface area contributed by atoms with Crippen molar-refractivity contribution in [3.8, 4) is 11.8 Å². The molecule has 1 amide bonds. The fraction of sp³-hybridized carbons (Fsp3) is 0.0588. The summed E-state index contributed by atoms with van der Waals surface area (Å²) in [5.74, 6) is -1.62. The first-order valence-corrected chi connectivity index (χ1v) is 7.03. The molecule has 0 aliphatic heterocycles. The lowest BCUT2D eigenvalue weighted by Crippen LogP contribution is -2.22. The third-order valence-electron chi connectivity index (χ3n) is 3.64. The molecule has 0 spiro atoms. The zero-order valence-corrected chi connectivity index (χ0v) is 12.4. The van der Waals surface area contributed by atoms with E-state index < -0.39 is 22.9 Å². The molecule has 3 rings (SSSR count). The molecule has 0 unspecified atom stereocenters. The number of carbonyl (C=O) groups excluding carboxylic acids is 1. The third-order valence-corrected chi connectivity index (χ3v) is 3.64. The molecule has 0 bridgehead atoms. The highest BCUT2D eigenvalue weighted by Gasteiger charge is 2.20. The fourth-order valence-corrected chi connectivity index (χ4v) is 2.51. The number of aromatic hydroxyl groups is 1. The summed E-state index contributed by atoms with van der Waals surface area (Å²) < 4.78 is 1.38. The van der Waals surface area contributed by atoms with Gasteiger partial charge in [-0.2, -0.15) is 5.26 Å². The van der Waals surface area contributed by atoms with Crippen LogP contribution in [-0.2, 0) is 6.54 Å². The van der Waals surface area contributed by atoms with Gasteiger partial charge in [0, 0.05) is 11.6 Å². The lowest BCUT2D eigenvalue weighted by molar-refractivity contribution is 0.0993. The number of amides is 1. The number of hydrogen-bond donors (Lipinski definition) is 2. The number of pyridine rings is 2. The van der Waals surface area contributed by atoms with E-state index in [0.717, 1.165) is 5.56 Å². The Bertz CT molecular complexity index is 1050. The van der Waals surface area contributed by atoms with E-state index in [4.69, 9.17) is 5.73 Å². The smallest absolute Gasteiger partial charge is 0.271 e. The average molecular weight is 320 g/mol. The van der Waals surface area contributed by atoms with Crippen LogP contribution in [-0.4, -0.2) is 20.6 Å². The van der Waals surface area contributed by atoms with E-state index in [1.165, 1.54) is 16.8 Å². The zero-order valence-electron chi connectivity index (χ0n) is 12.4. The Labute approximate surface area is 136 Å². The molecule has 0 aliphatic carbocycles. The number of nitriles is 1. The van der Waals surface area contributed by atoms with Crippen molar-refractivity contribution in [2.75, 3.05) is 0 Å². The largest absolute Gasteiger partial charge is 0.505 e. The molecule has 1 aromatic carbocycles. The number of benzene rings is 1. The number of fused-ring (bicyclic) bond motifs is 1. The fourth-order valence-electron chi connectivity index (χ4n) is 2.51. The van der Waals surface area contributed by atoms with Gasteiger partial charge >= 0.3 is 0 Å². The van der Waals surface area contributed by atoms with Gasteiger partial charge in [-0.25, -0.2) is 4.98 Å². The molecule has 118 valence electrons. The summed E-state index contributed by atoms with van der Waals surface area (Å²) in [6, 6.07) is 12.6. The van der Waals surface area contributed by atoms with Crippen LogP contribution in [0.5, 0.6) is 5.75 Å². The number of hydrogen-bond acceptors (Lipinski definition) is 5. The summed E-state index contributed by atoms with van der Waals surface area (Å²) in [6.45, 7) is 0.283. The molecule has 0 saturated heterocycles. The highest BCUT2D eigenvalue weighted by molar-refractivity contribution is 6.01. The maximum atomic E-state index is 12.7. The van der Waals surface area contributed by atoms with Crippen LogP contribution in [0.15, 0.2) is 47.4 Å². The summed E-state index contributed by atoms with van der Waals surface area (Å²) in [7, 11) is 0. The molecule has 24 heavy (non-hydrogen) atoms. The highest BCUT2D eigenvalue weighted by Crippen LogP contribution is 2.26. The van der Waals surface area contributed by atoms with Crippen molar-refractivity contribution < 1.29 is 9.90 Å². The van der Waals surface area contributed by atoms with E-state index >= 15 is 0 Å². The van der Waals surface area contributed by atoms with Gasteiger partial charge in [-0.1, -0.05) is 30.3 Å². The summed E-state index contributed by atoms with van der Waals surface area (Å²) in [6.07, 6.45) is 1.52. The number of nitrogens with zero attached hydrogens (tertiary/aromatic N) is 3. The SMILES string of the molecule is N#Cc1nc(C(N)=O)c(O)c2c(=O)n(Cc3ccccc3)ccc12. The van der Waals surface area contributed by atoms with E-state index in [1.54, 1.807) is 0 Å². The first-order valence-electron chi connectivity index (χ1n) is 7.03. The van der Waals surface area contributed by atoms with Gasteiger partial charge in [0.05, 0.1) is 11.9 Å². The number of primary amides is 1. The van der Waals surface area contributed by atoms with E-state index in [-0.39, 0.29) is 23.0 Å². The Morgan fingerprint density at radius 2 is 2.00 bits per heavy atom. The predicted molar refractivity (Wildman–Crippen MR) is 86.4 cm³/mol. The maximum absolute atomic E-state index is 12.7. The maximum Gasteiger partial charge on any atom is 0.271 e. The van der Waals surface area contributed by atoms with Crippen LogP contribution in [0.4, 0.5) is 0 Å². The molecule has 0 aliphatic rings. The van der Waals surface area contributed by atoms with Crippen molar-refractivity contribution in [3.63, 3.8) is 0 Å². The summed E-state index contributed by atoms with van der Waals surface area (Å²) in [5, 5.41) is 19.4. The molecule has 2 heterocycles. The Balaban J connectivity index is 2.28. The lowest BCUT2D eigenvalue weighted by atomic mass is 10.1. The predicted octanol–water partition coefficient (Wildman–Crippen LogP) is 1.12. The molecular formula is C17H12N4O3. The van der Waals surface area contributed by atoms with E-state index in [2.05, 4.69) is 4.98 Å². The van der Waals surface area contributed by atoms with Gasteiger partial charge in [0.1, 0.15) is 11.8 Å². The highest BCUT2D eigenvalue weighted by atomic mass is 16.3. The van der Waals surface area contributed by atoms with Crippen molar-refractivity contribution >= 4 is 16.7 Å². The standard InChI is InChI=1S/C17H12N4O3/c18-8-12-11-6-7-21(9-10-4-2-1-3-5-10)17(24)13(11)15(22)14(20-12)16(19)23/h1-7,22H,9H2,(H2,19,23). The molecule has 7 heteroatoms. The van der Waals surface area contributed by atoms with Crippen LogP contribution in [0.3, 0.4) is 0 Å². The van der Waals surface area contributed by atoms with Crippen molar-refractivity contribution in [2.24, 2.45) is 5.73 Å². The normalized spacial score (nSPS) is 10.5. The Morgan fingerprint density at radius 3 is 2.62 bits per heavy atom. The second-order valence-corrected chi connectivity index (χ2v) is 5.16. The second kappa shape index (κ2) is 5.85. The average Bonchev–Trinajstić information content (AvgIpc) is 2.58. The molecule has 0 radical (unpaired) electrons. The van der Waals surface area contributed by atoms with Crippen LogP contribution in [0, 0.1) is 11.3 Å². The Morgan fingerprint density at radius 1 is 1.29 bits per heavy atom. The minimum Gasteiger partial charge on any atom is -0.505 e. The number of nitrogens with two attached hydrogens (primary N) is 1. The first-order chi connectivity index (χ1) is 11.5. The number of aromatic nitrogens is 2. The van der Waals surface area contributed by atoms with Crippen LogP contribution in [0.25, 0.3) is 10.8 Å². The van der Waals surface area contributed by atoms with Crippen molar-refractivity contribution in [3.05, 3.63) is 69.9 Å². The van der Waals surface area contributed by atoms with Gasteiger partial charge in [0.2, 0.25) is 0 Å². The Kier molecular flexibility index (Phi) is 3.72. The molecule has 2 aromatic heterocycles. The molecule has 7 nitrogen and oxygen atoms in total. The van der Waals surface area contributed by atoms with E-state index in [1.807, 2.05) is 36.4 Å². The molecule has 3 N–H and O–H groups in total. The van der Waals surface area contributed by atoms with Crippen LogP contribution in [0.1, 0.15) is 21.7 Å². The van der Waals surface area contributed by atoms with Gasteiger partial charge in [-0.05, 0) is 11.6 Å². The summed E-state index contributed by atoms with van der Waals surface area (Å²) in [5.41, 5.74) is 4.89. The van der Waals surface area contributed by atoms with E-state index in [9.17, 15) is 20.0 Å². The molecule has 0 saturated carbocycles. The van der Waals surface area contributed by atoms with Crippen molar-refractivity contribution in [1.29, 1.82) is 5.26 Å². The summed E-state index contributed by atoms with van der Waals surface area (Å²) in [4.78, 5) is 27.9. The van der Waals surface area contributed by atoms with Gasteiger partial charge in [-0.3, -0.25) is 9.59 Å². The minimum absolute atomic E-state index is 0.138. The molecule has 0 fully saturated rings. The van der Waals surface area contributed by atoms with Crippen molar-refractivity contribution in [2.45, 2.75) is 6.54 Å². The third kappa shape index (κ3) is 2.46. The van der Waals surface area contributed by atoms with Crippen molar-refractivity contribution in [1.82, 2.24) is 9.55 Å². The number of carbonyl (C=O) groups is 1. The number of rotatable bonds is 3. The second-order valence-electron chi connectivity index (χ2n) is 5.16. The first kappa shape index (κ1) is 15.2. The quantitative estimate of drug-likeness (QED) is 0.749. The molecule has 3 aromatic rings. The molecular weight excluding hydrogens is 308 g/mol. The molecule has 0 atom stereocenters. The topological polar surface area (TPSA) is 122 Å². The van der Waals surface area contributed by atoms with Crippen LogP contribution < -0.4 is 11.3 Å². The van der Waals surface area contributed by atoms with Crippen LogP contribution in [0.2, 0.25) is 0 Å². The monoisotopic (exact) mass is 320 g/mol. The lowest BCUT2D eigenvalue weighted by Gasteiger charge is -2.10. The summed E-state index contributed by atoms with van der Waals surface area (Å²) >= 11 is 0. The van der Waals surface area contributed by atoms with Gasteiger partial charge in [0.25, 0.3) is 11.5 Å². The Hall–Kier alpha value is -3.66. The van der Waals surface area contributed by atoms with Crippen LogP contribution >= 0.6 is 0 Å². The van der Waals surface area contributed by atoms with Gasteiger partial charge < -0.3 is 15.4 Å². The van der Waals surface area contributed by atoms with Gasteiger partial charge in [-0.15, -0.1) is 0 Å². The van der Waals surface area contributed by atoms with E-state index in [0.29, 0.717) is 0 Å². The van der Waals surface area contributed by atoms with Gasteiger partial charge in [0.15, 0.2) is 11.4 Å². The minimum atomic E-state index is -1.01.